The van der Waals surface area contributed by atoms with Gasteiger partial charge >= 0.3 is 0 Å². The van der Waals surface area contributed by atoms with Gasteiger partial charge in [-0.15, -0.1) is 5.10 Å². The Morgan fingerprint density at radius 2 is 1.93 bits per heavy atom. The van der Waals surface area contributed by atoms with Crippen LogP contribution in [0.2, 0.25) is 0 Å². The Hall–Kier alpha value is -2.23. The van der Waals surface area contributed by atoms with Crippen LogP contribution in [0.4, 0.5) is 0 Å². The summed E-state index contributed by atoms with van der Waals surface area (Å²) in [7, 11) is 0. The average molecular weight is 196 g/mol. The van der Waals surface area contributed by atoms with Crippen molar-refractivity contribution in [1.82, 2.24) is 19.6 Å². The standard InChI is InChI=1S/C11H8N4/c1-3-7-12-9(5-1)11-13-10-6-2-4-8-15(10)14-11/h1-8H. The van der Waals surface area contributed by atoms with Crippen molar-refractivity contribution in [2.24, 2.45) is 0 Å². The van der Waals surface area contributed by atoms with Crippen LogP contribution in [-0.2, 0) is 0 Å². The normalized spacial score (nSPS) is 10.7. The van der Waals surface area contributed by atoms with E-state index < -0.39 is 0 Å². The number of nitrogens with zero attached hydrogens (tertiary/aromatic N) is 4. The van der Waals surface area contributed by atoms with Gasteiger partial charge in [-0.25, -0.2) is 9.50 Å². The maximum Gasteiger partial charge on any atom is 0.200 e. The van der Waals surface area contributed by atoms with Crippen molar-refractivity contribution in [2.45, 2.75) is 0 Å². The lowest BCUT2D eigenvalue weighted by atomic mass is 10.3. The van der Waals surface area contributed by atoms with E-state index in [0.29, 0.717) is 5.82 Å². The topological polar surface area (TPSA) is 43.1 Å². The zero-order valence-electron chi connectivity index (χ0n) is 7.91. The predicted molar refractivity (Wildman–Crippen MR) is 56.2 cm³/mol. The number of hydrogen-bond donors (Lipinski definition) is 0. The van der Waals surface area contributed by atoms with Crippen molar-refractivity contribution >= 4 is 5.65 Å². The maximum atomic E-state index is 4.37. The van der Waals surface area contributed by atoms with Gasteiger partial charge in [0.05, 0.1) is 0 Å². The van der Waals surface area contributed by atoms with Crippen molar-refractivity contribution in [2.75, 3.05) is 0 Å². The fourth-order valence-electron chi connectivity index (χ4n) is 1.44. The summed E-state index contributed by atoms with van der Waals surface area (Å²) in [6, 6.07) is 11.5. The van der Waals surface area contributed by atoms with Gasteiger partial charge in [0, 0.05) is 12.4 Å². The molecule has 0 N–H and O–H groups in total. The summed E-state index contributed by atoms with van der Waals surface area (Å²) in [5.41, 5.74) is 1.62. The van der Waals surface area contributed by atoms with Crippen molar-refractivity contribution in [3.63, 3.8) is 0 Å². The van der Waals surface area contributed by atoms with Crippen molar-refractivity contribution < 1.29 is 0 Å². The molecule has 3 heterocycles. The van der Waals surface area contributed by atoms with Gasteiger partial charge in [0.15, 0.2) is 5.65 Å². The van der Waals surface area contributed by atoms with Crippen LogP contribution in [0.15, 0.2) is 48.8 Å². The first-order valence-electron chi connectivity index (χ1n) is 4.66. The highest BCUT2D eigenvalue weighted by Gasteiger charge is 2.05. The van der Waals surface area contributed by atoms with Gasteiger partial charge in [0.2, 0.25) is 5.82 Å². The highest BCUT2D eigenvalue weighted by Crippen LogP contribution is 2.12. The van der Waals surface area contributed by atoms with Crippen molar-refractivity contribution in [3.8, 4) is 11.5 Å². The second-order valence-electron chi connectivity index (χ2n) is 3.15. The number of aromatic nitrogens is 4. The van der Waals surface area contributed by atoms with Gasteiger partial charge in [-0.2, -0.15) is 0 Å². The fourth-order valence-corrected chi connectivity index (χ4v) is 1.44. The summed E-state index contributed by atoms with van der Waals surface area (Å²) in [6.07, 6.45) is 3.61. The average Bonchev–Trinajstić information content (AvgIpc) is 2.74. The van der Waals surface area contributed by atoms with Crippen LogP contribution in [-0.4, -0.2) is 19.6 Å². The second kappa shape index (κ2) is 3.16. The summed E-state index contributed by atoms with van der Waals surface area (Å²) >= 11 is 0. The SMILES string of the molecule is c1ccc(-c2nc3ccccn3n2)nc1. The molecule has 15 heavy (non-hydrogen) atoms. The van der Waals surface area contributed by atoms with Crippen LogP contribution in [0.1, 0.15) is 0 Å². The molecule has 3 rings (SSSR count). The van der Waals surface area contributed by atoms with E-state index in [1.165, 1.54) is 0 Å². The molecule has 3 aromatic rings. The number of rotatable bonds is 1. The molecule has 0 radical (unpaired) electrons. The van der Waals surface area contributed by atoms with Gasteiger partial charge in [-0.05, 0) is 24.3 Å². The third kappa shape index (κ3) is 1.36. The molecule has 0 atom stereocenters. The third-order valence-electron chi connectivity index (χ3n) is 2.14. The first-order chi connectivity index (χ1) is 7.43. The smallest absolute Gasteiger partial charge is 0.200 e. The van der Waals surface area contributed by atoms with E-state index in [4.69, 9.17) is 0 Å². The van der Waals surface area contributed by atoms with Crippen molar-refractivity contribution in [1.29, 1.82) is 0 Å². The van der Waals surface area contributed by atoms with E-state index in [-0.39, 0.29) is 0 Å². The van der Waals surface area contributed by atoms with E-state index in [2.05, 4.69) is 15.1 Å². The molecule has 0 amide bonds. The van der Waals surface area contributed by atoms with Crippen LogP contribution in [0.3, 0.4) is 0 Å². The lowest BCUT2D eigenvalue weighted by Crippen LogP contribution is -1.86. The third-order valence-corrected chi connectivity index (χ3v) is 2.14. The lowest BCUT2D eigenvalue weighted by molar-refractivity contribution is 0.962. The molecule has 0 aliphatic rings. The van der Waals surface area contributed by atoms with Gasteiger partial charge < -0.3 is 0 Å². The van der Waals surface area contributed by atoms with Crippen LogP contribution in [0.25, 0.3) is 17.2 Å². The molecule has 0 unspecified atom stereocenters. The molecular weight excluding hydrogens is 188 g/mol. The van der Waals surface area contributed by atoms with E-state index >= 15 is 0 Å². The Kier molecular flexibility index (Phi) is 1.71. The zero-order chi connectivity index (χ0) is 10.1. The molecule has 0 saturated carbocycles. The number of pyridine rings is 2. The Morgan fingerprint density at radius 1 is 1.00 bits per heavy atom. The summed E-state index contributed by atoms with van der Waals surface area (Å²) in [4.78, 5) is 8.58. The first kappa shape index (κ1) is 8.11. The van der Waals surface area contributed by atoms with E-state index in [1.54, 1.807) is 10.7 Å². The quantitative estimate of drug-likeness (QED) is 0.596. The van der Waals surface area contributed by atoms with Gasteiger partial charge in [-0.1, -0.05) is 12.1 Å². The summed E-state index contributed by atoms with van der Waals surface area (Å²) in [5, 5.41) is 4.33. The number of hydrogen-bond acceptors (Lipinski definition) is 3. The molecule has 0 bridgehead atoms. The highest BCUT2D eigenvalue weighted by atomic mass is 15.3. The minimum absolute atomic E-state index is 0.654. The second-order valence-corrected chi connectivity index (χ2v) is 3.15. The first-order valence-corrected chi connectivity index (χ1v) is 4.66. The molecular formula is C11H8N4. The molecule has 4 nitrogen and oxygen atoms in total. The Morgan fingerprint density at radius 3 is 2.73 bits per heavy atom. The molecule has 0 spiro atoms. The monoisotopic (exact) mass is 196 g/mol. The molecule has 3 aromatic heterocycles. The van der Waals surface area contributed by atoms with E-state index in [9.17, 15) is 0 Å². The van der Waals surface area contributed by atoms with E-state index in [0.717, 1.165) is 11.3 Å². The predicted octanol–water partition coefficient (Wildman–Crippen LogP) is 1.79. The molecule has 72 valence electrons. The minimum atomic E-state index is 0.654. The summed E-state index contributed by atoms with van der Waals surface area (Å²) < 4.78 is 1.74. The van der Waals surface area contributed by atoms with Crippen LogP contribution in [0, 0.1) is 0 Å². The Bertz CT molecular complexity index is 553. The molecule has 0 fully saturated rings. The molecule has 0 aliphatic heterocycles. The Labute approximate surface area is 86.2 Å². The van der Waals surface area contributed by atoms with Gasteiger partial charge in [0.25, 0.3) is 0 Å². The number of fused-ring (bicyclic) bond motifs is 1. The molecule has 0 saturated heterocycles. The molecule has 0 aliphatic carbocycles. The molecule has 4 heteroatoms. The lowest BCUT2D eigenvalue weighted by Gasteiger charge is -1.90. The van der Waals surface area contributed by atoms with Crippen LogP contribution < -0.4 is 0 Å². The summed E-state index contributed by atoms with van der Waals surface area (Å²) in [5.74, 6) is 0.654. The van der Waals surface area contributed by atoms with Gasteiger partial charge in [-0.3, -0.25) is 4.98 Å². The Balaban J connectivity index is 2.21. The fraction of sp³-hybridized carbons (Fsp3) is 0. The van der Waals surface area contributed by atoms with Gasteiger partial charge in [0.1, 0.15) is 5.69 Å². The highest BCUT2D eigenvalue weighted by molar-refractivity contribution is 5.53. The maximum absolute atomic E-state index is 4.37. The van der Waals surface area contributed by atoms with Crippen LogP contribution >= 0.6 is 0 Å². The van der Waals surface area contributed by atoms with Crippen LogP contribution in [0.5, 0.6) is 0 Å². The van der Waals surface area contributed by atoms with E-state index in [1.807, 2.05) is 42.6 Å². The zero-order valence-corrected chi connectivity index (χ0v) is 7.91. The largest absolute Gasteiger partial charge is 0.253 e. The minimum Gasteiger partial charge on any atom is -0.253 e. The molecule has 0 aromatic carbocycles. The van der Waals surface area contributed by atoms with Crippen molar-refractivity contribution in [3.05, 3.63) is 48.8 Å². The summed E-state index contributed by atoms with van der Waals surface area (Å²) in [6.45, 7) is 0.